The fourth-order valence-electron chi connectivity index (χ4n) is 2.27. The minimum atomic E-state index is -3.91. The highest BCUT2D eigenvalue weighted by molar-refractivity contribution is 7.92. The molecule has 1 N–H and O–H groups in total. The molecule has 0 aliphatic carbocycles. The number of hydrogen-bond donors (Lipinski definition) is 1. The first kappa shape index (κ1) is 19.2. The average molecular weight is 427 g/mol. The number of aromatic nitrogens is 2. The molecule has 0 aliphatic heterocycles. The molecule has 0 bridgehead atoms. The van der Waals surface area contributed by atoms with E-state index in [-0.39, 0.29) is 16.4 Å². The Kier molecular flexibility index (Phi) is 5.36. The fraction of sp³-hybridized carbons (Fsp3) is 0.0625. The Bertz CT molecular complexity index is 1100. The van der Waals surface area contributed by atoms with Gasteiger partial charge in [-0.1, -0.05) is 29.3 Å². The largest absolute Gasteiger partial charge is 0.269 e. The first-order valence-corrected chi connectivity index (χ1v) is 9.73. The van der Waals surface area contributed by atoms with Gasteiger partial charge in [0, 0.05) is 24.4 Å². The van der Waals surface area contributed by atoms with E-state index in [1.54, 1.807) is 24.4 Å². The molecule has 0 saturated carbocycles. The van der Waals surface area contributed by atoms with Gasteiger partial charge in [0.1, 0.15) is 0 Å². The van der Waals surface area contributed by atoms with Crippen molar-refractivity contribution in [3.05, 3.63) is 80.5 Å². The van der Waals surface area contributed by atoms with Crippen LogP contribution < -0.4 is 4.72 Å². The number of nitrogens with one attached hydrogen (secondary N) is 1. The molecular formula is C16H12Cl2N4O4S. The fourth-order valence-corrected chi connectivity index (χ4v) is 3.59. The van der Waals surface area contributed by atoms with Gasteiger partial charge in [0.25, 0.3) is 15.7 Å². The van der Waals surface area contributed by atoms with E-state index in [1.807, 2.05) is 0 Å². The zero-order chi connectivity index (χ0) is 19.6. The molecular weight excluding hydrogens is 415 g/mol. The van der Waals surface area contributed by atoms with Crippen LogP contribution in [0.3, 0.4) is 0 Å². The first-order valence-electron chi connectivity index (χ1n) is 7.49. The Morgan fingerprint density at radius 2 is 1.78 bits per heavy atom. The maximum absolute atomic E-state index is 12.4. The van der Waals surface area contributed by atoms with Gasteiger partial charge in [-0.3, -0.25) is 19.5 Å². The highest BCUT2D eigenvalue weighted by Gasteiger charge is 2.17. The zero-order valence-corrected chi connectivity index (χ0v) is 15.9. The van der Waals surface area contributed by atoms with Crippen LogP contribution in [-0.4, -0.2) is 23.1 Å². The van der Waals surface area contributed by atoms with E-state index in [4.69, 9.17) is 23.2 Å². The summed E-state index contributed by atoms with van der Waals surface area (Å²) in [6.45, 7) is 0.371. The average Bonchev–Trinajstić information content (AvgIpc) is 3.04. The molecule has 0 aliphatic rings. The van der Waals surface area contributed by atoms with Crippen molar-refractivity contribution in [3.63, 3.8) is 0 Å². The van der Waals surface area contributed by atoms with Crippen LogP contribution in [0.2, 0.25) is 10.0 Å². The van der Waals surface area contributed by atoms with Crippen molar-refractivity contribution in [3.8, 4) is 0 Å². The van der Waals surface area contributed by atoms with Gasteiger partial charge in [-0.15, -0.1) is 0 Å². The number of hydrogen-bond acceptors (Lipinski definition) is 5. The summed E-state index contributed by atoms with van der Waals surface area (Å²) < 4.78 is 28.6. The zero-order valence-electron chi connectivity index (χ0n) is 13.5. The minimum Gasteiger partial charge on any atom is -0.266 e. The van der Waals surface area contributed by atoms with Gasteiger partial charge in [0.05, 0.1) is 26.4 Å². The molecule has 27 heavy (non-hydrogen) atoms. The Labute approximate surface area is 164 Å². The third kappa shape index (κ3) is 4.57. The number of benzene rings is 2. The summed E-state index contributed by atoms with van der Waals surface area (Å²) in [4.78, 5) is 9.95. The van der Waals surface area contributed by atoms with Gasteiger partial charge in [-0.05, 0) is 29.8 Å². The third-order valence-corrected chi connectivity index (χ3v) is 5.68. The molecule has 140 valence electrons. The van der Waals surface area contributed by atoms with Gasteiger partial charge in [0.15, 0.2) is 5.82 Å². The van der Waals surface area contributed by atoms with Crippen molar-refractivity contribution in [1.82, 2.24) is 9.78 Å². The number of nitro benzene ring substituents is 1. The van der Waals surface area contributed by atoms with Crippen LogP contribution in [0.5, 0.6) is 0 Å². The van der Waals surface area contributed by atoms with Crippen molar-refractivity contribution < 1.29 is 13.3 Å². The van der Waals surface area contributed by atoms with E-state index >= 15 is 0 Å². The van der Waals surface area contributed by atoms with Crippen molar-refractivity contribution in [2.45, 2.75) is 11.4 Å². The Balaban J connectivity index is 1.74. The quantitative estimate of drug-likeness (QED) is 0.474. The number of halogens is 2. The molecule has 11 heteroatoms. The number of nitrogens with zero attached hydrogens (tertiary/aromatic N) is 3. The summed E-state index contributed by atoms with van der Waals surface area (Å²) in [6.07, 6.45) is 1.61. The summed E-state index contributed by atoms with van der Waals surface area (Å²) in [6, 6.07) is 11.2. The molecule has 2 aromatic carbocycles. The maximum Gasteiger partial charge on any atom is 0.269 e. The smallest absolute Gasteiger partial charge is 0.266 e. The van der Waals surface area contributed by atoms with Crippen LogP contribution >= 0.6 is 23.2 Å². The lowest BCUT2D eigenvalue weighted by Gasteiger charge is -2.06. The van der Waals surface area contributed by atoms with E-state index < -0.39 is 14.9 Å². The molecule has 3 rings (SSSR count). The van der Waals surface area contributed by atoms with E-state index in [0.29, 0.717) is 16.6 Å². The standard InChI is InChI=1S/C16H12Cl2N4O4S/c17-14-6-1-11(9-15(14)18)10-21-8-7-16(19-21)20-27(25,26)13-4-2-12(3-5-13)22(23)24/h1-9H,10H2,(H,19,20). The van der Waals surface area contributed by atoms with E-state index in [1.165, 1.54) is 10.7 Å². The van der Waals surface area contributed by atoms with Crippen molar-refractivity contribution in [2.75, 3.05) is 4.72 Å². The molecule has 8 nitrogen and oxygen atoms in total. The van der Waals surface area contributed by atoms with E-state index in [0.717, 1.165) is 29.8 Å². The first-order chi connectivity index (χ1) is 12.7. The second-order valence-electron chi connectivity index (χ2n) is 5.50. The van der Waals surface area contributed by atoms with Gasteiger partial charge >= 0.3 is 0 Å². The molecule has 0 radical (unpaired) electrons. The van der Waals surface area contributed by atoms with Crippen LogP contribution in [0.15, 0.2) is 59.6 Å². The molecule has 0 unspecified atom stereocenters. The van der Waals surface area contributed by atoms with E-state index in [2.05, 4.69) is 9.82 Å². The van der Waals surface area contributed by atoms with Crippen LogP contribution in [0.25, 0.3) is 0 Å². The molecule has 0 fully saturated rings. The lowest BCUT2D eigenvalue weighted by molar-refractivity contribution is -0.384. The molecule has 1 heterocycles. The normalized spacial score (nSPS) is 11.3. The van der Waals surface area contributed by atoms with Crippen molar-refractivity contribution >= 4 is 44.7 Å². The Morgan fingerprint density at radius 3 is 2.41 bits per heavy atom. The van der Waals surface area contributed by atoms with Gasteiger partial charge in [0.2, 0.25) is 0 Å². The number of nitro groups is 1. The van der Waals surface area contributed by atoms with Crippen LogP contribution in [0.4, 0.5) is 11.5 Å². The third-order valence-electron chi connectivity index (χ3n) is 3.57. The number of rotatable bonds is 6. The Morgan fingerprint density at radius 1 is 1.07 bits per heavy atom. The maximum atomic E-state index is 12.4. The van der Waals surface area contributed by atoms with Gasteiger partial charge in [-0.25, -0.2) is 8.42 Å². The minimum absolute atomic E-state index is 0.105. The summed E-state index contributed by atoms with van der Waals surface area (Å²) in [7, 11) is -3.91. The number of non-ortho nitro benzene ring substituents is 1. The van der Waals surface area contributed by atoms with Crippen molar-refractivity contribution in [2.24, 2.45) is 0 Å². The monoisotopic (exact) mass is 426 g/mol. The summed E-state index contributed by atoms with van der Waals surface area (Å²) in [5, 5.41) is 15.7. The highest BCUT2D eigenvalue weighted by Crippen LogP contribution is 2.23. The predicted octanol–water partition coefficient (Wildman–Crippen LogP) is 3.95. The molecule has 0 spiro atoms. The van der Waals surface area contributed by atoms with E-state index in [9.17, 15) is 18.5 Å². The summed E-state index contributed by atoms with van der Waals surface area (Å²) in [5.74, 6) is 0.119. The summed E-state index contributed by atoms with van der Waals surface area (Å²) in [5.41, 5.74) is 0.650. The number of sulfonamides is 1. The second kappa shape index (κ2) is 7.55. The molecule has 0 amide bonds. The lowest BCUT2D eigenvalue weighted by atomic mass is 10.2. The summed E-state index contributed by atoms with van der Waals surface area (Å²) >= 11 is 11.9. The SMILES string of the molecule is O=[N+]([O-])c1ccc(S(=O)(=O)Nc2ccn(Cc3ccc(Cl)c(Cl)c3)n2)cc1. The lowest BCUT2D eigenvalue weighted by Crippen LogP contribution is -2.13. The highest BCUT2D eigenvalue weighted by atomic mass is 35.5. The molecule has 0 atom stereocenters. The van der Waals surface area contributed by atoms with Gasteiger partial charge in [-0.2, -0.15) is 5.10 Å². The van der Waals surface area contributed by atoms with Crippen LogP contribution in [0, 0.1) is 10.1 Å². The van der Waals surface area contributed by atoms with Gasteiger partial charge < -0.3 is 0 Å². The van der Waals surface area contributed by atoms with Crippen LogP contribution in [-0.2, 0) is 16.6 Å². The van der Waals surface area contributed by atoms with Crippen molar-refractivity contribution in [1.29, 1.82) is 0 Å². The second-order valence-corrected chi connectivity index (χ2v) is 8.00. The molecule has 1 aromatic heterocycles. The topological polar surface area (TPSA) is 107 Å². The van der Waals surface area contributed by atoms with Crippen LogP contribution in [0.1, 0.15) is 5.56 Å². The Hall–Kier alpha value is -2.62. The molecule has 0 saturated heterocycles. The molecule has 3 aromatic rings. The predicted molar refractivity (Wildman–Crippen MR) is 102 cm³/mol. The number of anilines is 1.